The fourth-order valence-corrected chi connectivity index (χ4v) is 3.80. The Bertz CT molecular complexity index is 364. The molecule has 5 heteroatoms. The SMILES string of the molecule is CC(C)(C)C1=C(C(C)(C)C)N(PP)CC(=O)NC1. The summed E-state index contributed by atoms with van der Waals surface area (Å²) in [6, 6.07) is 0. The summed E-state index contributed by atoms with van der Waals surface area (Å²) < 4.78 is 2.22. The topological polar surface area (TPSA) is 32.3 Å². The van der Waals surface area contributed by atoms with Gasteiger partial charge in [-0.25, -0.2) is 0 Å². The van der Waals surface area contributed by atoms with Crippen molar-refractivity contribution in [3.63, 3.8) is 0 Å². The molecule has 18 heavy (non-hydrogen) atoms. The Morgan fingerprint density at radius 2 is 1.72 bits per heavy atom. The van der Waals surface area contributed by atoms with E-state index in [1.54, 1.807) is 0 Å². The lowest BCUT2D eigenvalue weighted by Gasteiger charge is -2.37. The van der Waals surface area contributed by atoms with E-state index in [2.05, 4.69) is 60.5 Å². The number of allylic oxidation sites excluding steroid dienone is 1. The van der Waals surface area contributed by atoms with E-state index in [4.69, 9.17) is 0 Å². The molecule has 0 bridgehead atoms. The second-order valence-corrected chi connectivity index (χ2v) is 8.39. The third-order valence-electron chi connectivity index (χ3n) is 3.09. The summed E-state index contributed by atoms with van der Waals surface area (Å²) in [7, 11) is 3.30. The first-order chi connectivity index (χ1) is 8.07. The number of carbonyl (C=O) groups excluding carboxylic acids is 1. The average Bonchev–Trinajstić information content (AvgIpc) is 2.34. The van der Waals surface area contributed by atoms with Crippen LogP contribution < -0.4 is 5.32 Å². The normalized spacial score (nSPS) is 19.5. The number of nitrogens with zero attached hydrogens (tertiary/aromatic N) is 1. The highest BCUT2D eigenvalue weighted by Gasteiger charge is 2.34. The Hall–Kier alpha value is -0.130. The van der Waals surface area contributed by atoms with Crippen LogP contribution in [-0.2, 0) is 4.79 Å². The van der Waals surface area contributed by atoms with Crippen molar-refractivity contribution in [2.24, 2.45) is 10.8 Å². The first kappa shape index (κ1) is 15.9. The molecule has 1 aliphatic rings. The quantitative estimate of drug-likeness (QED) is 0.752. The number of amides is 1. The maximum absolute atomic E-state index is 11.8. The van der Waals surface area contributed by atoms with Crippen LogP contribution in [0.4, 0.5) is 0 Å². The average molecular weight is 288 g/mol. The molecule has 0 aromatic heterocycles. The van der Waals surface area contributed by atoms with Crippen molar-refractivity contribution in [3.8, 4) is 0 Å². The van der Waals surface area contributed by atoms with Gasteiger partial charge in [-0.2, -0.15) is 0 Å². The van der Waals surface area contributed by atoms with Crippen molar-refractivity contribution in [2.45, 2.75) is 41.5 Å². The summed E-state index contributed by atoms with van der Waals surface area (Å²) in [6.45, 7) is 14.5. The van der Waals surface area contributed by atoms with Gasteiger partial charge in [0, 0.05) is 17.7 Å². The molecule has 1 rings (SSSR count). The van der Waals surface area contributed by atoms with Crippen molar-refractivity contribution in [3.05, 3.63) is 11.3 Å². The van der Waals surface area contributed by atoms with Crippen LogP contribution in [0.2, 0.25) is 0 Å². The first-order valence-electron chi connectivity index (χ1n) is 6.32. The molecule has 0 saturated heterocycles. The van der Waals surface area contributed by atoms with Crippen LogP contribution in [0, 0.1) is 10.8 Å². The molecule has 104 valence electrons. The van der Waals surface area contributed by atoms with Crippen LogP contribution in [0.5, 0.6) is 0 Å². The maximum atomic E-state index is 11.8. The third kappa shape index (κ3) is 3.68. The minimum atomic E-state index is 0.0541. The molecular formula is C13H26N2OP2. The number of nitrogens with one attached hydrogen (secondary N) is 1. The Morgan fingerprint density at radius 3 is 2.11 bits per heavy atom. The van der Waals surface area contributed by atoms with Gasteiger partial charge in [-0.05, 0) is 19.4 Å². The van der Waals surface area contributed by atoms with Gasteiger partial charge in [0.25, 0.3) is 0 Å². The molecule has 2 atom stereocenters. The fraction of sp³-hybridized carbons (Fsp3) is 0.769. The van der Waals surface area contributed by atoms with Gasteiger partial charge in [0.15, 0.2) is 0 Å². The lowest BCUT2D eigenvalue weighted by molar-refractivity contribution is -0.120. The van der Waals surface area contributed by atoms with Gasteiger partial charge < -0.3 is 9.99 Å². The minimum absolute atomic E-state index is 0.0541. The minimum Gasteiger partial charge on any atom is -0.351 e. The van der Waals surface area contributed by atoms with Crippen LogP contribution >= 0.6 is 17.3 Å². The summed E-state index contributed by atoms with van der Waals surface area (Å²) in [6.07, 6.45) is 0. The Morgan fingerprint density at radius 1 is 1.17 bits per heavy atom. The molecule has 0 radical (unpaired) electrons. The zero-order valence-electron chi connectivity index (χ0n) is 12.3. The molecule has 1 heterocycles. The summed E-state index contributed by atoms with van der Waals surface area (Å²) in [5.41, 5.74) is 2.79. The van der Waals surface area contributed by atoms with Crippen LogP contribution in [0.3, 0.4) is 0 Å². The molecular weight excluding hydrogens is 262 g/mol. The summed E-state index contributed by atoms with van der Waals surface area (Å²) in [4.78, 5) is 11.8. The van der Waals surface area contributed by atoms with Gasteiger partial charge in [0.1, 0.15) is 6.54 Å². The lowest BCUT2D eigenvalue weighted by atomic mass is 9.78. The van der Waals surface area contributed by atoms with Crippen LogP contribution in [0.25, 0.3) is 0 Å². The van der Waals surface area contributed by atoms with Crippen molar-refractivity contribution in [1.29, 1.82) is 0 Å². The van der Waals surface area contributed by atoms with Gasteiger partial charge in [0.2, 0.25) is 5.91 Å². The van der Waals surface area contributed by atoms with Crippen LogP contribution in [-0.4, -0.2) is 23.7 Å². The molecule has 1 N–H and O–H groups in total. The molecule has 0 fully saturated rings. The van der Waals surface area contributed by atoms with Crippen molar-refractivity contribution in [2.75, 3.05) is 13.1 Å². The predicted octanol–water partition coefficient (Wildman–Crippen LogP) is 3.15. The van der Waals surface area contributed by atoms with E-state index in [9.17, 15) is 4.79 Å². The van der Waals surface area contributed by atoms with Gasteiger partial charge in [-0.15, -0.1) is 0 Å². The van der Waals surface area contributed by atoms with Gasteiger partial charge >= 0.3 is 0 Å². The van der Waals surface area contributed by atoms with E-state index in [0.717, 1.165) is 0 Å². The molecule has 3 nitrogen and oxygen atoms in total. The molecule has 0 aromatic carbocycles. The van der Waals surface area contributed by atoms with E-state index in [1.807, 2.05) is 0 Å². The Kier molecular flexibility index (Phi) is 4.84. The van der Waals surface area contributed by atoms with E-state index < -0.39 is 0 Å². The van der Waals surface area contributed by atoms with E-state index in [0.29, 0.717) is 21.5 Å². The van der Waals surface area contributed by atoms with Crippen molar-refractivity contribution >= 4 is 23.3 Å². The van der Waals surface area contributed by atoms with Crippen LogP contribution in [0.1, 0.15) is 41.5 Å². The summed E-state index contributed by atoms with van der Waals surface area (Å²) in [5, 5.41) is 3.02. The van der Waals surface area contributed by atoms with Crippen molar-refractivity contribution < 1.29 is 4.79 Å². The number of carbonyl (C=O) groups is 1. The number of rotatable bonds is 1. The summed E-state index contributed by atoms with van der Waals surface area (Å²) in [5.74, 6) is 0.117. The third-order valence-corrected chi connectivity index (χ3v) is 4.72. The molecule has 2 unspecified atom stereocenters. The smallest absolute Gasteiger partial charge is 0.240 e. The Labute approximate surface area is 115 Å². The second-order valence-electron chi connectivity index (χ2n) is 6.82. The highest BCUT2D eigenvalue weighted by atomic mass is 32.0. The largest absolute Gasteiger partial charge is 0.351 e. The Balaban J connectivity index is 3.38. The molecule has 0 saturated carbocycles. The monoisotopic (exact) mass is 288 g/mol. The number of hydrogen-bond donors (Lipinski definition) is 1. The lowest BCUT2D eigenvalue weighted by Crippen LogP contribution is -2.31. The molecule has 0 aliphatic carbocycles. The van der Waals surface area contributed by atoms with Crippen molar-refractivity contribution in [1.82, 2.24) is 9.99 Å². The van der Waals surface area contributed by atoms with E-state index in [-0.39, 0.29) is 16.7 Å². The number of hydrogen-bond acceptors (Lipinski definition) is 2. The van der Waals surface area contributed by atoms with Gasteiger partial charge in [0.05, 0.1) is 0 Å². The van der Waals surface area contributed by atoms with Gasteiger partial charge in [-0.1, -0.05) is 50.5 Å². The van der Waals surface area contributed by atoms with E-state index >= 15 is 0 Å². The molecule has 1 aliphatic heterocycles. The highest BCUT2D eigenvalue weighted by Crippen LogP contribution is 2.44. The molecule has 0 aromatic rings. The fourth-order valence-electron chi connectivity index (χ4n) is 2.30. The first-order valence-corrected chi connectivity index (χ1v) is 9.07. The standard InChI is InChI=1S/C13H26N2OP2/c1-12(2,3)9-7-14-10(16)8-15(18-17)11(9)13(4,5)6/h18H,7-8,17H2,1-6H3,(H,14,16). The zero-order chi connectivity index (χ0) is 14.1. The predicted molar refractivity (Wildman–Crippen MR) is 83.7 cm³/mol. The van der Waals surface area contributed by atoms with Gasteiger partial charge in [-0.3, -0.25) is 4.79 Å². The second kappa shape index (κ2) is 5.47. The molecule has 1 amide bonds. The highest BCUT2D eigenvalue weighted by molar-refractivity contribution is 8.01. The summed E-state index contributed by atoms with van der Waals surface area (Å²) >= 11 is 0. The maximum Gasteiger partial charge on any atom is 0.240 e. The molecule has 0 spiro atoms. The zero-order valence-corrected chi connectivity index (χ0v) is 14.5. The van der Waals surface area contributed by atoms with Crippen LogP contribution in [0.15, 0.2) is 11.3 Å². The van der Waals surface area contributed by atoms with E-state index in [1.165, 1.54) is 11.3 Å².